The second-order valence-corrected chi connectivity index (χ2v) is 10.5. The zero-order valence-electron chi connectivity index (χ0n) is 17.9. The number of fused-ring (bicyclic) bond motifs is 2. The van der Waals surface area contributed by atoms with E-state index in [9.17, 15) is 4.79 Å². The molecule has 2 atom stereocenters. The molecular formula is C23H23IN7OP. The van der Waals surface area contributed by atoms with Gasteiger partial charge in [0.25, 0.3) is 5.91 Å². The van der Waals surface area contributed by atoms with Crippen LogP contribution in [0.25, 0.3) is 5.52 Å². The zero-order chi connectivity index (χ0) is 22.4. The number of pyridine rings is 2. The number of halogens is 1. The first-order chi connectivity index (χ1) is 16.2. The summed E-state index contributed by atoms with van der Waals surface area (Å²) in [6.07, 6.45) is 9.29. The van der Waals surface area contributed by atoms with Gasteiger partial charge in [-0.1, -0.05) is 6.07 Å². The summed E-state index contributed by atoms with van der Waals surface area (Å²) in [5.41, 5.74) is 4.95. The van der Waals surface area contributed by atoms with Gasteiger partial charge in [0.15, 0.2) is 0 Å². The van der Waals surface area contributed by atoms with Crippen molar-refractivity contribution in [2.24, 2.45) is 0 Å². The van der Waals surface area contributed by atoms with Crippen LogP contribution >= 0.6 is 28.4 Å². The zero-order valence-corrected chi connectivity index (χ0v) is 21.1. The van der Waals surface area contributed by atoms with Crippen LogP contribution in [0.5, 0.6) is 0 Å². The maximum Gasteiger partial charge on any atom is 0.255 e. The number of amides is 1. The van der Waals surface area contributed by atoms with Gasteiger partial charge in [0, 0.05) is 50.5 Å². The highest BCUT2D eigenvalue weighted by atomic mass is 127. The van der Waals surface area contributed by atoms with E-state index >= 15 is 0 Å². The number of carbonyl (C=O) groups is 1. The third kappa shape index (κ3) is 3.71. The fourth-order valence-electron chi connectivity index (χ4n) is 4.86. The minimum absolute atomic E-state index is 0.0751. The Bertz CT molecular complexity index is 1280. The number of carbonyl (C=O) groups excluding carboxylic acids is 1. The number of hydrogen-bond acceptors (Lipinski definition) is 5. The average molecular weight is 571 g/mol. The normalized spacial score (nSPS) is 18.5. The van der Waals surface area contributed by atoms with Crippen molar-refractivity contribution in [2.45, 2.75) is 25.3 Å². The Hall–Kier alpha value is -2.52. The summed E-state index contributed by atoms with van der Waals surface area (Å²) in [4.78, 5) is 26.5. The number of nitrogens with zero attached hydrogens (tertiary/aromatic N) is 7. The number of anilines is 1. The second kappa shape index (κ2) is 8.68. The molecule has 10 heteroatoms. The van der Waals surface area contributed by atoms with Crippen molar-refractivity contribution >= 4 is 45.7 Å². The van der Waals surface area contributed by atoms with Crippen molar-refractivity contribution in [3.8, 4) is 0 Å². The topological polar surface area (TPSA) is 71.6 Å². The third-order valence-electron chi connectivity index (χ3n) is 6.50. The van der Waals surface area contributed by atoms with Crippen LogP contribution in [0.3, 0.4) is 0 Å². The molecule has 8 nitrogen and oxygen atoms in total. The highest BCUT2D eigenvalue weighted by Gasteiger charge is 2.35. The van der Waals surface area contributed by atoms with Crippen molar-refractivity contribution in [2.75, 3.05) is 24.5 Å². The molecule has 6 heterocycles. The molecule has 168 valence electrons. The van der Waals surface area contributed by atoms with E-state index in [1.54, 1.807) is 6.20 Å². The van der Waals surface area contributed by atoms with Gasteiger partial charge in [0.1, 0.15) is 11.9 Å². The SMILES string of the molecule is O=C(c1ccc(N2CCc3c(ncn3PI)C2c2cc3ccccn3n2)nc1)N1CCCC1. The van der Waals surface area contributed by atoms with Crippen LogP contribution in [0.2, 0.25) is 0 Å². The predicted molar refractivity (Wildman–Crippen MR) is 137 cm³/mol. The Morgan fingerprint density at radius 1 is 1.09 bits per heavy atom. The number of rotatable bonds is 4. The monoisotopic (exact) mass is 571 g/mol. The molecule has 0 aromatic carbocycles. The average Bonchev–Trinajstić information content (AvgIpc) is 3.62. The summed E-state index contributed by atoms with van der Waals surface area (Å²) in [7, 11) is 0. The van der Waals surface area contributed by atoms with Crippen LogP contribution < -0.4 is 4.90 Å². The van der Waals surface area contributed by atoms with E-state index < -0.39 is 0 Å². The maximum absolute atomic E-state index is 12.8. The van der Waals surface area contributed by atoms with Crippen LogP contribution in [0.1, 0.15) is 46.3 Å². The first-order valence-electron chi connectivity index (χ1n) is 11.1. The highest BCUT2D eigenvalue weighted by molar-refractivity contribution is 14.2. The van der Waals surface area contributed by atoms with E-state index in [0.29, 0.717) is 11.9 Å². The number of imidazole rings is 1. The molecule has 0 aliphatic carbocycles. The molecule has 2 aliphatic rings. The van der Waals surface area contributed by atoms with E-state index in [2.05, 4.69) is 43.4 Å². The largest absolute Gasteiger partial charge is 0.342 e. The molecule has 0 spiro atoms. The van der Waals surface area contributed by atoms with Crippen LogP contribution in [-0.4, -0.2) is 54.4 Å². The minimum Gasteiger partial charge on any atom is -0.342 e. The number of likely N-dealkylation sites (tertiary alicyclic amines) is 1. The lowest BCUT2D eigenvalue weighted by molar-refractivity contribution is 0.0792. The van der Waals surface area contributed by atoms with Crippen molar-refractivity contribution in [1.29, 1.82) is 0 Å². The molecule has 4 aromatic heterocycles. The first-order valence-corrected chi connectivity index (χ1v) is 15.2. The molecule has 33 heavy (non-hydrogen) atoms. The molecule has 1 amide bonds. The lowest BCUT2D eigenvalue weighted by atomic mass is 9.99. The van der Waals surface area contributed by atoms with E-state index in [0.717, 1.165) is 61.6 Å². The molecule has 1 saturated heterocycles. The lowest BCUT2D eigenvalue weighted by Crippen LogP contribution is -2.37. The quantitative estimate of drug-likeness (QED) is 0.273. The van der Waals surface area contributed by atoms with Gasteiger partial charge >= 0.3 is 0 Å². The fraction of sp³-hybridized carbons (Fsp3) is 0.304. The lowest BCUT2D eigenvalue weighted by Gasteiger charge is -2.35. The molecule has 4 aromatic rings. The minimum atomic E-state index is -0.129. The second-order valence-electron chi connectivity index (χ2n) is 8.42. The Kier molecular flexibility index (Phi) is 5.54. The van der Waals surface area contributed by atoms with E-state index in [4.69, 9.17) is 15.1 Å². The van der Waals surface area contributed by atoms with Crippen LogP contribution in [0.4, 0.5) is 5.82 Å². The van der Waals surface area contributed by atoms with Gasteiger partial charge in [-0.05, 0) is 65.2 Å². The summed E-state index contributed by atoms with van der Waals surface area (Å²) in [6.45, 7) is 2.49. The predicted octanol–water partition coefficient (Wildman–Crippen LogP) is 4.11. The molecule has 2 unspecified atom stereocenters. The van der Waals surface area contributed by atoms with Crippen molar-refractivity contribution < 1.29 is 4.79 Å². The molecule has 1 fully saturated rings. The smallest absolute Gasteiger partial charge is 0.255 e. The Morgan fingerprint density at radius 3 is 2.73 bits per heavy atom. The highest BCUT2D eigenvalue weighted by Crippen LogP contribution is 2.39. The molecular weight excluding hydrogens is 548 g/mol. The van der Waals surface area contributed by atoms with Crippen molar-refractivity contribution in [3.05, 3.63) is 77.8 Å². The van der Waals surface area contributed by atoms with Crippen molar-refractivity contribution in [3.63, 3.8) is 0 Å². The van der Waals surface area contributed by atoms with Gasteiger partial charge in [-0.3, -0.25) is 4.79 Å². The van der Waals surface area contributed by atoms with Gasteiger partial charge in [0.05, 0.1) is 28.8 Å². The van der Waals surface area contributed by atoms with Crippen LogP contribution in [0.15, 0.2) is 55.1 Å². The molecule has 2 aliphatic heterocycles. The van der Waals surface area contributed by atoms with E-state index in [1.165, 1.54) is 5.69 Å². The molecule has 0 bridgehead atoms. The standard InChI is InChI=1S/C23H23IN7OP/c24-33-31-15-26-21-19(31)8-12-29(22(21)18-13-17-5-1-2-11-30(17)27-18)20-7-6-16(14-25-20)23(32)28-9-3-4-10-28/h1-2,5-7,11,13-15,22,33H,3-4,8-10,12H2. The fourth-order valence-corrected chi connectivity index (χ4v) is 6.54. The summed E-state index contributed by atoms with van der Waals surface area (Å²) in [5, 5.41) is 4.88. The Balaban J connectivity index is 1.39. The summed E-state index contributed by atoms with van der Waals surface area (Å²) >= 11 is 2.40. The maximum atomic E-state index is 12.8. The van der Waals surface area contributed by atoms with Crippen LogP contribution in [-0.2, 0) is 6.42 Å². The molecule has 0 N–H and O–H groups in total. The third-order valence-corrected chi connectivity index (χ3v) is 8.63. The van der Waals surface area contributed by atoms with E-state index in [-0.39, 0.29) is 11.9 Å². The van der Waals surface area contributed by atoms with Crippen molar-refractivity contribution in [1.82, 2.24) is 28.8 Å². The first kappa shape index (κ1) is 21.0. The Morgan fingerprint density at radius 2 is 1.97 bits per heavy atom. The number of hydrogen-bond donors (Lipinski definition) is 0. The number of aromatic nitrogens is 5. The van der Waals surface area contributed by atoms with Gasteiger partial charge < -0.3 is 14.1 Å². The molecule has 0 saturated carbocycles. The van der Waals surface area contributed by atoms with E-state index in [1.807, 2.05) is 46.2 Å². The van der Waals surface area contributed by atoms with Gasteiger partial charge in [0.2, 0.25) is 0 Å². The van der Waals surface area contributed by atoms with Gasteiger partial charge in [-0.2, -0.15) is 5.10 Å². The molecule has 0 radical (unpaired) electrons. The van der Waals surface area contributed by atoms with Crippen LogP contribution in [0, 0.1) is 0 Å². The summed E-state index contributed by atoms with van der Waals surface area (Å²) < 4.78 is 4.14. The summed E-state index contributed by atoms with van der Waals surface area (Å²) in [5.74, 6) is 0.915. The molecule has 6 rings (SSSR count). The van der Waals surface area contributed by atoms with Gasteiger partial charge in [-0.25, -0.2) is 14.5 Å². The van der Waals surface area contributed by atoms with Gasteiger partial charge in [-0.15, -0.1) is 0 Å². The Labute approximate surface area is 206 Å². The summed E-state index contributed by atoms with van der Waals surface area (Å²) in [6, 6.07) is 11.9.